The average Bonchev–Trinajstić information content (AvgIpc) is 2.26. The Morgan fingerprint density at radius 3 is 2.47 bits per heavy atom. The predicted molar refractivity (Wildman–Crippen MR) is 61.2 cm³/mol. The molecule has 0 radical (unpaired) electrons. The minimum absolute atomic E-state index is 0.193. The molecule has 0 spiro atoms. The van der Waals surface area contributed by atoms with Crippen LogP contribution in [-0.2, 0) is 4.79 Å². The summed E-state index contributed by atoms with van der Waals surface area (Å²) in [6, 6.07) is 7.42. The van der Waals surface area contributed by atoms with Crippen molar-refractivity contribution in [1.29, 1.82) is 0 Å². The van der Waals surface area contributed by atoms with Gasteiger partial charge in [0.25, 0.3) is 0 Å². The molecule has 1 aromatic rings. The number of amides is 1. The number of terminal acetylenes is 1. The number of benzene rings is 1. The minimum atomic E-state index is -0.273. The number of primary amides is 1. The summed E-state index contributed by atoms with van der Waals surface area (Å²) in [5.74, 6) is 2.07. The maximum atomic E-state index is 11.2. The number of carbonyl (C=O) groups is 1. The second-order valence-electron chi connectivity index (χ2n) is 3.51. The largest absolute Gasteiger partial charge is 0.369 e. The summed E-state index contributed by atoms with van der Waals surface area (Å²) >= 11 is 0. The zero-order valence-corrected chi connectivity index (χ0v) is 8.86. The van der Waals surface area contributed by atoms with Crippen molar-refractivity contribution in [3.63, 3.8) is 0 Å². The van der Waals surface area contributed by atoms with Crippen LogP contribution in [0.4, 0.5) is 0 Å². The molecule has 2 N–H and O–H groups in total. The molecule has 0 saturated heterocycles. The lowest BCUT2D eigenvalue weighted by Gasteiger charge is -2.12. The van der Waals surface area contributed by atoms with Crippen LogP contribution in [0.25, 0.3) is 0 Å². The van der Waals surface area contributed by atoms with E-state index in [0.29, 0.717) is 0 Å². The van der Waals surface area contributed by atoms with Gasteiger partial charge in [0.05, 0.1) is 5.92 Å². The summed E-state index contributed by atoms with van der Waals surface area (Å²) in [6.45, 7) is 2.03. The van der Waals surface area contributed by atoms with E-state index < -0.39 is 0 Å². The van der Waals surface area contributed by atoms with Crippen LogP contribution in [0.5, 0.6) is 0 Å². The number of nitrogens with two attached hydrogens (primary N) is 1. The normalized spacial score (nSPS) is 11.7. The Bertz CT molecular complexity index is 373. The van der Waals surface area contributed by atoms with Crippen molar-refractivity contribution in [3.8, 4) is 12.3 Å². The lowest BCUT2D eigenvalue weighted by atomic mass is 9.93. The van der Waals surface area contributed by atoms with Crippen LogP contribution < -0.4 is 5.73 Å². The van der Waals surface area contributed by atoms with Gasteiger partial charge in [0, 0.05) is 5.56 Å². The van der Waals surface area contributed by atoms with Gasteiger partial charge in [0.1, 0.15) is 0 Å². The highest BCUT2D eigenvalue weighted by molar-refractivity contribution is 5.81. The Hall–Kier alpha value is -1.75. The molecular formula is C13H15NO. The molecule has 2 nitrogen and oxygen atoms in total. The molecule has 78 valence electrons. The lowest BCUT2D eigenvalue weighted by Crippen LogP contribution is -2.21. The summed E-state index contributed by atoms with van der Waals surface area (Å²) in [5.41, 5.74) is 7.11. The van der Waals surface area contributed by atoms with Gasteiger partial charge in [-0.15, -0.1) is 6.42 Å². The lowest BCUT2D eigenvalue weighted by molar-refractivity contribution is -0.119. The molecule has 0 fully saturated rings. The van der Waals surface area contributed by atoms with Gasteiger partial charge in [-0.25, -0.2) is 0 Å². The van der Waals surface area contributed by atoms with Gasteiger partial charge >= 0.3 is 0 Å². The molecule has 1 rings (SSSR count). The van der Waals surface area contributed by atoms with Crippen molar-refractivity contribution in [2.75, 3.05) is 0 Å². The molecule has 0 aliphatic carbocycles. The van der Waals surface area contributed by atoms with Crippen molar-refractivity contribution in [2.45, 2.75) is 25.7 Å². The zero-order chi connectivity index (χ0) is 11.3. The number of hydrogen-bond acceptors (Lipinski definition) is 1. The van der Waals surface area contributed by atoms with E-state index in [1.807, 2.05) is 31.2 Å². The van der Waals surface area contributed by atoms with Gasteiger partial charge in [-0.3, -0.25) is 4.79 Å². The molecule has 0 heterocycles. The molecule has 0 saturated carbocycles. The molecule has 1 amide bonds. The number of hydrogen-bond donors (Lipinski definition) is 1. The van der Waals surface area contributed by atoms with E-state index in [-0.39, 0.29) is 11.8 Å². The van der Waals surface area contributed by atoms with Crippen LogP contribution in [0.2, 0.25) is 0 Å². The minimum Gasteiger partial charge on any atom is -0.369 e. The predicted octanol–water partition coefficient (Wildman–Crippen LogP) is 2.04. The molecule has 2 heteroatoms. The van der Waals surface area contributed by atoms with E-state index >= 15 is 0 Å². The summed E-state index contributed by atoms with van der Waals surface area (Å²) in [7, 11) is 0. The first-order chi connectivity index (χ1) is 7.19. The van der Waals surface area contributed by atoms with Gasteiger partial charge in [-0.2, -0.15) is 0 Å². The highest BCUT2D eigenvalue weighted by Gasteiger charge is 2.15. The first-order valence-electron chi connectivity index (χ1n) is 5.05. The quantitative estimate of drug-likeness (QED) is 0.744. The third kappa shape index (κ3) is 2.85. The molecule has 1 unspecified atom stereocenters. The second kappa shape index (κ2) is 5.21. The maximum Gasteiger partial charge on any atom is 0.224 e. The molecule has 15 heavy (non-hydrogen) atoms. The van der Waals surface area contributed by atoms with Crippen LogP contribution in [0.15, 0.2) is 24.3 Å². The van der Waals surface area contributed by atoms with E-state index in [2.05, 4.69) is 5.92 Å². The zero-order valence-electron chi connectivity index (χ0n) is 8.86. The van der Waals surface area contributed by atoms with Gasteiger partial charge in [-0.1, -0.05) is 31.4 Å². The Kier molecular flexibility index (Phi) is 3.93. The smallest absolute Gasteiger partial charge is 0.224 e. The molecule has 0 aliphatic rings. The average molecular weight is 201 g/mol. The molecule has 0 bridgehead atoms. The maximum absolute atomic E-state index is 11.2. The van der Waals surface area contributed by atoms with Crippen molar-refractivity contribution in [2.24, 2.45) is 5.73 Å². The van der Waals surface area contributed by atoms with Crippen molar-refractivity contribution in [3.05, 3.63) is 35.4 Å². The van der Waals surface area contributed by atoms with Crippen LogP contribution in [0.1, 0.15) is 36.8 Å². The topological polar surface area (TPSA) is 43.1 Å². The van der Waals surface area contributed by atoms with Crippen molar-refractivity contribution in [1.82, 2.24) is 0 Å². The van der Waals surface area contributed by atoms with Crippen LogP contribution in [-0.4, -0.2) is 5.91 Å². The molecular weight excluding hydrogens is 186 g/mol. The summed E-state index contributed by atoms with van der Waals surface area (Å²) in [5, 5.41) is 0. The standard InChI is InChI=1S/C13H15NO/c1-3-5-12(13(14)15)11-8-6-10(4-2)7-9-11/h2,6-9,12H,3,5H2,1H3,(H2,14,15). The number of rotatable bonds is 4. The fraction of sp³-hybridized carbons (Fsp3) is 0.308. The van der Waals surface area contributed by atoms with E-state index in [1.54, 1.807) is 0 Å². The van der Waals surface area contributed by atoms with Gasteiger partial charge < -0.3 is 5.73 Å². The van der Waals surface area contributed by atoms with Crippen molar-refractivity contribution >= 4 is 5.91 Å². The van der Waals surface area contributed by atoms with Crippen LogP contribution >= 0.6 is 0 Å². The third-order valence-corrected chi connectivity index (χ3v) is 2.40. The molecule has 0 aliphatic heterocycles. The van der Waals surface area contributed by atoms with E-state index in [1.165, 1.54) is 0 Å². The molecule has 1 aromatic carbocycles. The van der Waals surface area contributed by atoms with E-state index in [0.717, 1.165) is 24.0 Å². The van der Waals surface area contributed by atoms with Crippen LogP contribution in [0.3, 0.4) is 0 Å². The fourth-order valence-electron chi connectivity index (χ4n) is 1.57. The Morgan fingerprint density at radius 2 is 2.07 bits per heavy atom. The third-order valence-electron chi connectivity index (χ3n) is 2.40. The van der Waals surface area contributed by atoms with E-state index in [4.69, 9.17) is 12.2 Å². The molecule has 1 atom stereocenters. The fourth-order valence-corrected chi connectivity index (χ4v) is 1.57. The highest BCUT2D eigenvalue weighted by Crippen LogP contribution is 2.21. The summed E-state index contributed by atoms with van der Waals surface area (Å²) in [4.78, 5) is 11.2. The first-order valence-corrected chi connectivity index (χ1v) is 5.05. The van der Waals surface area contributed by atoms with Gasteiger partial charge in [0.15, 0.2) is 0 Å². The SMILES string of the molecule is C#Cc1ccc(C(CCC)C(N)=O)cc1. The molecule has 0 aromatic heterocycles. The second-order valence-corrected chi connectivity index (χ2v) is 3.51. The van der Waals surface area contributed by atoms with Gasteiger partial charge in [-0.05, 0) is 24.1 Å². The Labute approximate surface area is 90.5 Å². The Morgan fingerprint density at radius 1 is 1.47 bits per heavy atom. The number of carbonyl (C=O) groups excluding carboxylic acids is 1. The first kappa shape index (κ1) is 11.3. The highest BCUT2D eigenvalue weighted by atomic mass is 16.1. The summed E-state index contributed by atoms with van der Waals surface area (Å²) in [6.07, 6.45) is 6.97. The van der Waals surface area contributed by atoms with Crippen LogP contribution in [0, 0.1) is 12.3 Å². The monoisotopic (exact) mass is 201 g/mol. The Balaban J connectivity index is 2.92. The van der Waals surface area contributed by atoms with E-state index in [9.17, 15) is 4.79 Å². The van der Waals surface area contributed by atoms with Gasteiger partial charge in [0.2, 0.25) is 5.91 Å². The van der Waals surface area contributed by atoms with Crippen molar-refractivity contribution < 1.29 is 4.79 Å². The summed E-state index contributed by atoms with van der Waals surface area (Å²) < 4.78 is 0.